The van der Waals surface area contributed by atoms with Gasteiger partial charge in [0.15, 0.2) is 0 Å². The van der Waals surface area contributed by atoms with E-state index in [-0.39, 0.29) is 0 Å². The summed E-state index contributed by atoms with van der Waals surface area (Å²) in [5, 5.41) is 0. The lowest BCUT2D eigenvalue weighted by molar-refractivity contribution is 2.10. The lowest BCUT2D eigenvalue weighted by Gasteiger charge is -1.86. The second-order valence-corrected chi connectivity index (χ2v) is 5.66. The minimum Gasteiger partial charge on any atom is -0.490 e. The average Bonchev–Trinajstić information content (AvgIpc) is 0.811. The molecule has 0 unspecified atom stereocenters. The zero-order chi connectivity index (χ0) is 3.58. The third-order valence-corrected chi connectivity index (χ3v) is 0. The topological polar surface area (TPSA) is 0 Å². The predicted molar refractivity (Wildman–Crippen MR) is 23.3 cm³/mol. The third-order valence-electron chi connectivity index (χ3n) is 0. The van der Waals surface area contributed by atoms with Gasteiger partial charge >= 0.3 is 0 Å². The van der Waals surface area contributed by atoms with Crippen LogP contribution in [0.15, 0.2) is 0 Å². The van der Waals surface area contributed by atoms with Crippen LogP contribution in [0.5, 0.6) is 0 Å². The minimum absolute atomic E-state index is 0.667. The van der Waals surface area contributed by atoms with Crippen molar-refractivity contribution in [3.05, 3.63) is 0 Å². The van der Waals surface area contributed by atoms with Crippen LogP contribution in [0.3, 0.4) is 0 Å². The maximum absolute atomic E-state index is 5.41. The highest BCUT2D eigenvalue weighted by atomic mass is 35.6. The maximum atomic E-state index is 5.41. The molecule has 1 radical (unpaired) electrons. The molecule has 0 nitrogen and oxygen atoms in total. The highest BCUT2D eigenvalue weighted by Crippen LogP contribution is 1.79. The van der Waals surface area contributed by atoms with Crippen molar-refractivity contribution in [2.75, 3.05) is 0 Å². The molecule has 0 aromatic carbocycles. The summed E-state index contributed by atoms with van der Waals surface area (Å²) >= 11 is -0.667. The molecule has 0 aliphatic carbocycles. The summed E-state index contributed by atoms with van der Waals surface area (Å²) in [6.07, 6.45) is 0. The molecule has 0 aliphatic rings. The molecule has 0 fully saturated rings. The van der Waals surface area contributed by atoms with E-state index < -0.39 is 13.2 Å². The molecule has 4 heavy (non-hydrogen) atoms. The number of hydrogen-bond donors (Lipinski definition) is 0. The molecule has 0 rings (SSSR count). The third kappa shape index (κ3) is 13.9. The number of hydrogen-bond acceptors (Lipinski definition) is 0. The van der Waals surface area contributed by atoms with Gasteiger partial charge in [-0.1, -0.05) is 0 Å². The highest BCUT2D eigenvalue weighted by Gasteiger charge is 1.63. The largest absolute Gasteiger partial charge is 0.490 e. The molecule has 0 bridgehead atoms. The first-order valence-corrected chi connectivity index (χ1v) is 5.43. The first-order valence-electron chi connectivity index (χ1n) is 1.37. The van der Waals surface area contributed by atoms with Gasteiger partial charge < -0.3 is 10.0 Å². The van der Waals surface area contributed by atoms with Crippen molar-refractivity contribution in [3.63, 3.8) is 0 Å². The molecule has 0 atom stereocenters. The lowest BCUT2D eigenvalue weighted by atomic mass is 11.9. The Bertz CT molecular complexity index is 10.8. The number of rotatable bonds is 0. The second kappa shape index (κ2) is 2.08. The van der Waals surface area contributed by atoms with Gasteiger partial charge in [0, 0.05) is 0 Å². The molecule has 0 aromatic rings. The van der Waals surface area contributed by atoms with E-state index >= 15 is 0 Å². The van der Waals surface area contributed by atoms with Gasteiger partial charge in [-0.2, -0.15) is 0 Å². The Balaban J connectivity index is 2.32. The van der Waals surface area contributed by atoms with Gasteiger partial charge in [-0.3, -0.25) is 0 Å². The Morgan fingerprint density at radius 2 is 1.50 bits per heavy atom. The van der Waals surface area contributed by atoms with E-state index in [1.165, 1.54) is 0 Å². The van der Waals surface area contributed by atoms with Crippen LogP contribution in [0, 0.1) is 0 Å². The number of halogens is 1. The minimum atomic E-state index is -0.667. The van der Waals surface area contributed by atoms with E-state index in [0.29, 0.717) is 0 Å². The van der Waals surface area contributed by atoms with Gasteiger partial charge in [-0.05, 0) is 0 Å². The van der Waals surface area contributed by atoms with Crippen molar-refractivity contribution in [2.24, 2.45) is 0 Å². The normalized spacial score (nSPS) is 9.00. The van der Waals surface area contributed by atoms with Crippen LogP contribution in [0.4, 0.5) is 0 Å². The fraction of sp³-hybridized carbons (Fsp3) is 1.00. The van der Waals surface area contributed by atoms with Crippen molar-refractivity contribution in [2.45, 2.75) is 11.6 Å². The van der Waals surface area contributed by atoms with Gasteiger partial charge in [-0.15, -0.1) is 0 Å². The molecule has 0 aromatic heterocycles. The van der Waals surface area contributed by atoms with Crippen molar-refractivity contribution in [3.8, 4) is 0 Å². The van der Waals surface area contributed by atoms with Crippen LogP contribution in [0.1, 0.15) is 0 Å². The molecule has 0 amide bonds. The molecular formula is C2H6AlCl-. The van der Waals surface area contributed by atoms with E-state index in [9.17, 15) is 0 Å². The van der Waals surface area contributed by atoms with Crippen molar-refractivity contribution in [1.29, 1.82) is 0 Å². The fourth-order valence-corrected chi connectivity index (χ4v) is 0. The highest BCUT2D eigenvalue weighted by molar-refractivity contribution is 7.05. The Hall–Kier alpha value is 0.822. The van der Waals surface area contributed by atoms with Gasteiger partial charge in [-0.25, -0.2) is 11.6 Å². The van der Waals surface area contributed by atoms with Crippen LogP contribution in [0.25, 0.3) is 0 Å². The quantitative estimate of drug-likeness (QED) is 0.397. The Kier molecular flexibility index (Phi) is 2.51. The van der Waals surface area contributed by atoms with Crippen LogP contribution in [0.2, 0.25) is 11.6 Å². The zero-order valence-corrected chi connectivity index (χ0v) is 4.87. The van der Waals surface area contributed by atoms with Crippen molar-refractivity contribution < 1.29 is 0 Å². The maximum Gasteiger partial charge on any atom is 0.0808 e. The van der Waals surface area contributed by atoms with Gasteiger partial charge in [0.05, 0.1) is 13.2 Å². The summed E-state index contributed by atoms with van der Waals surface area (Å²) in [5.41, 5.74) is 0. The van der Waals surface area contributed by atoms with E-state index in [2.05, 4.69) is 11.6 Å². The molecule has 0 saturated carbocycles. The first kappa shape index (κ1) is 4.82. The van der Waals surface area contributed by atoms with Gasteiger partial charge in [0.2, 0.25) is 0 Å². The van der Waals surface area contributed by atoms with Gasteiger partial charge in [0.1, 0.15) is 0 Å². The van der Waals surface area contributed by atoms with Crippen molar-refractivity contribution >= 4 is 23.3 Å². The Morgan fingerprint density at radius 1 is 1.50 bits per heavy atom. The summed E-state index contributed by atoms with van der Waals surface area (Å²) in [4.78, 5) is 0. The van der Waals surface area contributed by atoms with E-state index in [4.69, 9.17) is 10.0 Å². The molecule has 0 heterocycles. The molecule has 0 N–H and O–H groups in total. The summed E-state index contributed by atoms with van der Waals surface area (Å²) in [6.45, 7) is 0. The van der Waals surface area contributed by atoms with E-state index in [0.717, 1.165) is 0 Å². The Labute approximate surface area is 35.4 Å². The monoisotopic (exact) mass is 92.0 g/mol. The van der Waals surface area contributed by atoms with Crippen molar-refractivity contribution in [1.82, 2.24) is 0 Å². The van der Waals surface area contributed by atoms with Gasteiger partial charge in [0.25, 0.3) is 0 Å². The summed E-state index contributed by atoms with van der Waals surface area (Å²) in [5.74, 6) is 4.14. The zero-order valence-electron chi connectivity index (χ0n) is 2.96. The average molecular weight is 92.5 g/mol. The lowest BCUT2D eigenvalue weighted by Crippen LogP contribution is -1.78. The van der Waals surface area contributed by atoms with E-state index in [1.807, 2.05) is 0 Å². The SMILES string of the molecule is [CH3][Al-]([CH3])[Cl]. The molecule has 0 aliphatic heterocycles. The Morgan fingerprint density at radius 3 is 1.50 bits per heavy atom. The standard InChI is InChI=1S/2CH3.Al.ClH/h2*1H3;;1H/p-1. The molecular weight excluding hydrogens is 86.5 g/mol. The molecule has 0 saturated heterocycles. The molecule has 25 valence electrons. The smallest absolute Gasteiger partial charge is 0.0808 e. The summed E-state index contributed by atoms with van der Waals surface area (Å²) in [6, 6.07) is 0. The van der Waals surface area contributed by atoms with Crippen LogP contribution in [-0.2, 0) is 0 Å². The second-order valence-electron chi connectivity index (χ2n) is 1.01. The molecule has 2 heteroatoms. The van der Waals surface area contributed by atoms with E-state index in [1.54, 1.807) is 0 Å². The molecule has 0 spiro atoms. The van der Waals surface area contributed by atoms with Crippen LogP contribution in [-0.4, -0.2) is 13.2 Å². The van der Waals surface area contributed by atoms with Crippen LogP contribution < -0.4 is 0 Å². The predicted octanol–water partition coefficient (Wildman–Crippen LogP) is 1.48. The summed E-state index contributed by atoms with van der Waals surface area (Å²) < 4.78 is 0. The first-order chi connectivity index (χ1) is 1.73. The summed E-state index contributed by atoms with van der Waals surface area (Å²) in [7, 11) is 5.41. The fourth-order valence-electron chi connectivity index (χ4n) is 0. The van der Waals surface area contributed by atoms with Crippen LogP contribution >= 0.6 is 10.0 Å².